The van der Waals surface area contributed by atoms with E-state index in [1.165, 1.54) is 19.2 Å². The minimum Gasteiger partial charge on any atom is -0.494 e. The lowest BCUT2D eigenvalue weighted by Crippen LogP contribution is -2.09. The smallest absolute Gasteiger partial charge is 0.168 e. The number of benzene rings is 1. The van der Waals surface area contributed by atoms with Gasteiger partial charge in [0.1, 0.15) is 0 Å². The summed E-state index contributed by atoms with van der Waals surface area (Å²) >= 11 is 6.09. The fourth-order valence-corrected chi connectivity index (χ4v) is 2.19. The molecule has 0 aliphatic rings. The topological polar surface area (TPSA) is 44.1 Å². The van der Waals surface area contributed by atoms with E-state index >= 15 is 0 Å². The van der Waals surface area contributed by atoms with Gasteiger partial charge in [-0.05, 0) is 25.1 Å². The van der Waals surface area contributed by atoms with Gasteiger partial charge >= 0.3 is 0 Å². The van der Waals surface area contributed by atoms with Gasteiger partial charge in [0.15, 0.2) is 17.3 Å². The van der Waals surface area contributed by atoms with Crippen LogP contribution in [0.5, 0.6) is 5.75 Å². The Morgan fingerprint density at radius 3 is 2.70 bits per heavy atom. The number of methoxy groups -OCH3 is 1. The third kappa shape index (κ3) is 2.67. The number of Topliss-reactive ketones (excluding diaryl/α,β-unsaturated/α-hetero) is 1. The molecule has 20 heavy (non-hydrogen) atoms. The van der Waals surface area contributed by atoms with E-state index in [1.807, 2.05) is 0 Å². The summed E-state index contributed by atoms with van der Waals surface area (Å²) in [5.74, 6) is -0.682. The summed E-state index contributed by atoms with van der Waals surface area (Å²) < 4.78 is 20.0. The lowest BCUT2D eigenvalue weighted by atomic mass is 10.1. The van der Waals surface area contributed by atoms with Gasteiger partial charge in [0, 0.05) is 12.6 Å². The van der Waals surface area contributed by atoms with Crippen LogP contribution in [-0.2, 0) is 13.5 Å². The lowest BCUT2D eigenvalue weighted by Gasteiger charge is -2.05. The lowest BCUT2D eigenvalue weighted by molar-refractivity contribution is 0.0990. The highest BCUT2D eigenvalue weighted by Gasteiger charge is 2.17. The Bertz CT molecular complexity index is 667. The van der Waals surface area contributed by atoms with Crippen molar-refractivity contribution in [3.8, 4) is 5.75 Å². The number of halogens is 2. The molecule has 2 aromatic rings. The number of ketones is 1. The predicted molar refractivity (Wildman–Crippen MR) is 73.9 cm³/mol. The molecule has 0 aliphatic heterocycles. The monoisotopic (exact) mass is 296 g/mol. The van der Waals surface area contributed by atoms with Gasteiger partial charge in [0.25, 0.3) is 0 Å². The van der Waals surface area contributed by atoms with Crippen LogP contribution in [0.3, 0.4) is 0 Å². The molecule has 0 aliphatic carbocycles. The van der Waals surface area contributed by atoms with E-state index in [9.17, 15) is 9.18 Å². The minimum absolute atomic E-state index is 0.0714. The first kappa shape index (κ1) is 14.5. The van der Waals surface area contributed by atoms with Crippen molar-refractivity contribution < 1.29 is 13.9 Å². The quantitative estimate of drug-likeness (QED) is 0.815. The maximum atomic E-state index is 13.6. The highest BCUT2D eigenvalue weighted by atomic mass is 35.5. The SMILES string of the molecule is COc1ccc(C(=O)Cc2c(Cl)c(C)nn2C)cc1F. The standard InChI is InChI=1S/C14H14ClFN2O2/c1-8-14(15)11(18(2)17-8)7-12(19)9-4-5-13(20-3)10(16)6-9/h4-6H,7H2,1-3H3. The number of hydrogen-bond acceptors (Lipinski definition) is 3. The normalized spacial score (nSPS) is 10.7. The second-order valence-corrected chi connectivity index (χ2v) is 4.80. The zero-order chi connectivity index (χ0) is 14.9. The van der Waals surface area contributed by atoms with Crippen LogP contribution in [0.25, 0.3) is 0 Å². The zero-order valence-corrected chi connectivity index (χ0v) is 12.2. The van der Waals surface area contributed by atoms with Crippen molar-refractivity contribution >= 4 is 17.4 Å². The molecule has 0 saturated heterocycles. The number of carbonyl (C=O) groups is 1. The molecule has 0 bridgehead atoms. The van der Waals surface area contributed by atoms with Crippen LogP contribution in [0.1, 0.15) is 21.7 Å². The molecule has 0 amide bonds. The molecule has 0 N–H and O–H groups in total. The molecule has 6 heteroatoms. The predicted octanol–water partition coefficient (Wildman–Crippen LogP) is 2.96. The van der Waals surface area contributed by atoms with Gasteiger partial charge in [-0.25, -0.2) is 4.39 Å². The van der Waals surface area contributed by atoms with E-state index in [4.69, 9.17) is 16.3 Å². The van der Waals surface area contributed by atoms with Gasteiger partial charge in [-0.1, -0.05) is 11.6 Å². The number of nitrogens with zero attached hydrogens (tertiary/aromatic N) is 2. The Balaban J connectivity index is 2.26. The summed E-state index contributed by atoms with van der Waals surface area (Å²) in [5, 5.41) is 4.61. The average molecular weight is 297 g/mol. The van der Waals surface area contributed by atoms with Crippen LogP contribution in [0, 0.1) is 12.7 Å². The fraction of sp³-hybridized carbons (Fsp3) is 0.286. The van der Waals surface area contributed by atoms with Gasteiger partial charge in [-0.15, -0.1) is 0 Å². The summed E-state index contributed by atoms with van der Waals surface area (Å²) in [5.41, 5.74) is 1.56. The van der Waals surface area contributed by atoms with E-state index in [-0.39, 0.29) is 23.5 Å². The van der Waals surface area contributed by atoms with Crippen molar-refractivity contribution in [3.05, 3.63) is 46.0 Å². The first-order valence-electron chi connectivity index (χ1n) is 5.98. The van der Waals surface area contributed by atoms with Crippen LogP contribution in [-0.4, -0.2) is 22.7 Å². The Hall–Kier alpha value is -1.88. The van der Waals surface area contributed by atoms with E-state index in [2.05, 4.69) is 5.10 Å². The summed E-state index contributed by atoms with van der Waals surface area (Å²) in [6.45, 7) is 1.77. The van der Waals surface area contributed by atoms with Crippen LogP contribution in [0.4, 0.5) is 4.39 Å². The van der Waals surface area contributed by atoms with Gasteiger partial charge < -0.3 is 4.74 Å². The Morgan fingerprint density at radius 1 is 1.50 bits per heavy atom. The van der Waals surface area contributed by atoms with Gasteiger partial charge in [0.2, 0.25) is 0 Å². The molecular formula is C14H14ClFN2O2. The molecule has 0 saturated carbocycles. The molecule has 106 valence electrons. The molecule has 0 fully saturated rings. The van der Waals surface area contributed by atoms with Crippen molar-refractivity contribution in [1.82, 2.24) is 9.78 Å². The first-order valence-corrected chi connectivity index (χ1v) is 6.36. The van der Waals surface area contributed by atoms with Crippen LogP contribution in [0.15, 0.2) is 18.2 Å². The van der Waals surface area contributed by atoms with Gasteiger partial charge in [-0.3, -0.25) is 9.48 Å². The maximum absolute atomic E-state index is 13.6. The molecule has 4 nitrogen and oxygen atoms in total. The van der Waals surface area contributed by atoms with E-state index in [0.29, 0.717) is 16.4 Å². The Kier molecular flexibility index (Phi) is 4.09. The molecule has 0 radical (unpaired) electrons. The summed E-state index contributed by atoms with van der Waals surface area (Å²) in [6.07, 6.45) is 0.0714. The largest absolute Gasteiger partial charge is 0.494 e. The average Bonchev–Trinajstić information content (AvgIpc) is 2.65. The third-order valence-corrected chi connectivity index (χ3v) is 3.56. The highest BCUT2D eigenvalue weighted by Crippen LogP contribution is 2.23. The summed E-state index contributed by atoms with van der Waals surface area (Å²) in [4.78, 5) is 12.2. The number of aromatic nitrogens is 2. The molecule has 0 unspecified atom stereocenters. The second kappa shape index (κ2) is 5.63. The van der Waals surface area contributed by atoms with Gasteiger partial charge in [0.05, 0.1) is 29.9 Å². The number of ether oxygens (including phenoxy) is 1. The molecule has 1 aromatic heterocycles. The Labute approximate surface area is 121 Å². The fourth-order valence-electron chi connectivity index (χ4n) is 1.97. The second-order valence-electron chi connectivity index (χ2n) is 4.42. The molecule has 1 heterocycles. The van der Waals surface area contributed by atoms with Crippen molar-refractivity contribution in [2.75, 3.05) is 7.11 Å². The summed E-state index contributed by atoms with van der Waals surface area (Å²) in [6, 6.07) is 4.12. The van der Waals surface area contributed by atoms with E-state index in [0.717, 1.165) is 6.07 Å². The summed E-state index contributed by atoms with van der Waals surface area (Å²) in [7, 11) is 3.09. The van der Waals surface area contributed by atoms with E-state index in [1.54, 1.807) is 18.7 Å². The number of hydrogen-bond donors (Lipinski definition) is 0. The zero-order valence-electron chi connectivity index (χ0n) is 11.4. The minimum atomic E-state index is -0.564. The number of carbonyl (C=O) groups excluding carboxylic acids is 1. The Morgan fingerprint density at radius 2 is 2.20 bits per heavy atom. The van der Waals surface area contributed by atoms with Crippen molar-refractivity contribution in [2.45, 2.75) is 13.3 Å². The third-order valence-electron chi connectivity index (χ3n) is 3.06. The number of rotatable bonds is 4. The van der Waals surface area contributed by atoms with Gasteiger partial charge in [-0.2, -0.15) is 5.10 Å². The molecular weight excluding hydrogens is 283 g/mol. The number of aryl methyl sites for hydroxylation is 2. The highest BCUT2D eigenvalue weighted by molar-refractivity contribution is 6.32. The molecule has 1 aromatic carbocycles. The van der Waals surface area contributed by atoms with E-state index < -0.39 is 5.82 Å². The maximum Gasteiger partial charge on any atom is 0.168 e. The molecule has 0 atom stereocenters. The first-order chi connectivity index (χ1) is 9.43. The van der Waals surface area contributed by atoms with Crippen molar-refractivity contribution in [1.29, 1.82) is 0 Å². The van der Waals surface area contributed by atoms with Crippen LogP contribution < -0.4 is 4.74 Å². The molecule has 0 spiro atoms. The van der Waals surface area contributed by atoms with Crippen LogP contribution >= 0.6 is 11.6 Å². The van der Waals surface area contributed by atoms with Crippen LogP contribution in [0.2, 0.25) is 5.02 Å². The van der Waals surface area contributed by atoms with Crippen molar-refractivity contribution in [2.24, 2.45) is 7.05 Å². The molecule has 2 rings (SSSR count). The van der Waals surface area contributed by atoms with Crippen molar-refractivity contribution in [3.63, 3.8) is 0 Å².